The summed E-state index contributed by atoms with van der Waals surface area (Å²) in [4.78, 5) is 9.17. The quantitative estimate of drug-likeness (QED) is 0.881. The molecule has 0 aromatic carbocycles. The van der Waals surface area contributed by atoms with Crippen molar-refractivity contribution in [2.45, 2.75) is 46.2 Å². The molecule has 4 heteroatoms. The number of fused-ring (bicyclic) bond motifs is 1. The lowest BCUT2D eigenvalue weighted by molar-refractivity contribution is 0.514. The predicted molar refractivity (Wildman–Crippen MR) is 74.8 cm³/mol. The van der Waals surface area contributed by atoms with Crippen LogP contribution in [0.25, 0.3) is 11.2 Å². The molecule has 2 aromatic rings. The minimum absolute atomic E-state index is 0.383. The van der Waals surface area contributed by atoms with E-state index in [4.69, 9.17) is 4.98 Å². The number of pyridine rings is 1. The molecule has 2 heterocycles. The van der Waals surface area contributed by atoms with Crippen molar-refractivity contribution >= 4 is 11.2 Å². The molecule has 0 radical (unpaired) electrons. The number of likely N-dealkylation sites (N-methyl/N-ethyl adjacent to an activating group) is 1. The molecule has 0 aliphatic carbocycles. The number of aromatic nitrogens is 3. The van der Waals surface area contributed by atoms with E-state index in [-0.39, 0.29) is 0 Å². The smallest absolute Gasteiger partial charge is 0.160 e. The van der Waals surface area contributed by atoms with Crippen LogP contribution in [0, 0.1) is 0 Å². The van der Waals surface area contributed by atoms with Gasteiger partial charge in [-0.3, -0.25) is 0 Å². The highest BCUT2D eigenvalue weighted by Crippen LogP contribution is 2.19. The summed E-state index contributed by atoms with van der Waals surface area (Å²) in [6.07, 6.45) is 2.77. The molecule has 4 nitrogen and oxygen atoms in total. The van der Waals surface area contributed by atoms with Gasteiger partial charge in [0.25, 0.3) is 0 Å². The maximum atomic E-state index is 4.72. The molecule has 0 saturated heterocycles. The maximum absolute atomic E-state index is 4.72. The topological polar surface area (TPSA) is 42.7 Å². The second kappa shape index (κ2) is 5.48. The summed E-state index contributed by atoms with van der Waals surface area (Å²) in [5, 5.41) is 3.43. The van der Waals surface area contributed by atoms with Crippen molar-refractivity contribution in [3.63, 3.8) is 0 Å². The summed E-state index contributed by atoms with van der Waals surface area (Å²) in [6.45, 7) is 9.67. The monoisotopic (exact) mass is 246 g/mol. The molecule has 0 fully saturated rings. The van der Waals surface area contributed by atoms with E-state index in [1.807, 2.05) is 18.3 Å². The normalized spacial score (nSPS) is 13.4. The molecule has 98 valence electrons. The van der Waals surface area contributed by atoms with E-state index in [0.717, 1.165) is 30.0 Å². The first-order chi connectivity index (χ1) is 8.63. The zero-order chi connectivity index (χ0) is 13.1. The van der Waals surface area contributed by atoms with E-state index in [0.29, 0.717) is 12.1 Å². The lowest BCUT2D eigenvalue weighted by Crippen LogP contribution is -2.29. The number of rotatable bonds is 5. The van der Waals surface area contributed by atoms with Crippen molar-refractivity contribution < 1.29 is 0 Å². The van der Waals surface area contributed by atoms with Crippen LogP contribution in [-0.4, -0.2) is 27.1 Å². The molecule has 2 rings (SSSR count). The van der Waals surface area contributed by atoms with Gasteiger partial charge in [0.1, 0.15) is 11.3 Å². The minimum Gasteiger partial charge on any atom is -0.314 e. The Kier molecular flexibility index (Phi) is 3.97. The van der Waals surface area contributed by atoms with Gasteiger partial charge in [-0.15, -0.1) is 0 Å². The van der Waals surface area contributed by atoms with Crippen molar-refractivity contribution in [2.24, 2.45) is 0 Å². The Bertz CT molecular complexity index is 515. The molecule has 0 bridgehead atoms. The third-order valence-electron chi connectivity index (χ3n) is 3.08. The van der Waals surface area contributed by atoms with E-state index in [2.05, 4.69) is 42.6 Å². The highest BCUT2D eigenvalue weighted by atomic mass is 15.1. The summed E-state index contributed by atoms with van der Waals surface area (Å²) in [5.74, 6) is 1.12. The van der Waals surface area contributed by atoms with E-state index >= 15 is 0 Å². The molecular weight excluding hydrogens is 224 g/mol. The van der Waals surface area contributed by atoms with Crippen molar-refractivity contribution in [2.75, 3.05) is 6.54 Å². The Balaban J connectivity index is 2.39. The predicted octanol–water partition coefficient (Wildman–Crippen LogP) is 2.55. The lowest BCUT2D eigenvalue weighted by atomic mass is 10.2. The van der Waals surface area contributed by atoms with E-state index in [1.165, 1.54) is 0 Å². The van der Waals surface area contributed by atoms with Gasteiger partial charge in [0.05, 0.1) is 0 Å². The molecular formula is C14H22N4. The van der Waals surface area contributed by atoms with Crippen molar-refractivity contribution in [3.8, 4) is 0 Å². The highest BCUT2D eigenvalue weighted by Gasteiger charge is 2.15. The molecule has 1 unspecified atom stereocenters. The SMILES string of the molecule is CCNC(C)Cc1nc2cccnc2n1C(C)C. The van der Waals surface area contributed by atoms with Gasteiger partial charge in [0, 0.05) is 24.7 Å². The molecule has 0 amide bonds. The molecule has 18 heavy (non-hydrogen) atoms. The fourth-order valence-corrected chi connectivity index (χ4v) is 2.36. The standard InChI is InChI=1S/C14H22N4/c1-5-15-11(4)9-13-17-12-7-6-8-16-14(12)18(13)10(2)3/h6-8,10-11,15H,5,9H2,1-4H3. The Labute approximate surface area is 108 Å². The summed E-state index contributed by atoms with van der Waals surface area (Å²) in [6, 6.07) is 4.79. The van der Waals surface area contributed by atoms with Crippen LogP contribution in [0.3, 0.4) is 0 Å². The van der Waals surface area contributed by atoms with Crippen molar-refractivity contribution in [1.82, 2.24) is 19.9 Å². The van der Waals surface area contributed by atoms with E-state index in [1.54, 1.807) is 0 Å². The minimum atomic E-state index is 0.383. The molecule has 2 aromatic heterocycles. The third kappa shape index (κ3) is 2.53. The van der Waals surface area contributed by atoms with Gasteiger partial charge < -0.3 is 9.88 Å². The number of imidazole rings is 1. The number of hydrogen-bond acceptors (Lipinski definition) is 3. The van der Waals surface area contributed by atoms with Crippen molar-refractivity contribution in [3.05, 3.63) is 24.2 Å². The van der Waals surface area contributed by atoms with E-state index in [9.17, 15) is 0 Å². The number of hydrogen-bond donors (Lipinski definition) is 1. The van der Waals surface area contributed by atoms with Gasteiger partial charge in [-0.05, 0) is 39.4 Å². The van der Waals surface area contributed by atoms with Gasteiger partial charge in [-0.1, -0.05) is 6.92 Å². The Morgan fingerprint density at radius 2 is 2.11 bits per heavy atom. The van der Waals surface area contributed by atoms with Crippen LogP contribution in [0.15, 0.2) is 18.3 Å². The summed E-state index contributed by atoms with van der Waals surface area (Å²) in [7, 11) is 0. The number of nitrogens with one attached hydrogen (secondary N) is 1. The second-order valence-corrected chi connectivity index (χ2v) is 5.00. The van der Waals surface area contributed by atoms with Crippen LogP contribution < -0.4 is 5.32 Å². The van der Waals surface area contributed by atoms with Crippen LogP contribution in [0.1, 0.15) is 39.6 Å². The zero-order valence-corrected chi connectivity index (χ0v) is 11.6. The van der Waals surface area contributed by atoms with Crippen LogP contribution in [0.4, 0.5) is 0 Å². The fraction of sp³-hybridized carbons (Fsp3) is 0.571. The molecule has 0 spiro atoms. The van der Waals surface area contributed by atoms with Gasteiger partial charge in [0.2, 0.25) is 0 Å². The summed E-state index contributed by atoms with van der Waals surface area (Å²) >= 11 is 0. The first-order valence-corrected chi connectivity index (χ1v) is 6.68. The Morgan fingerprint density at radius 3 is 2.78 bits per heavy atom. The maximum Gasteiger partial charge on any atom is 0.160 e. The molecule has 0 saturated carbocycles. The van der Waals surface area contributed by atoms with Crippen LogP contribution in [-0.2, 0) is 6.42 Å². The average Bonchev–Trinajstić information content (AvgIpc) is 2.66. The summed E-state index contributed by atoms with van der Waals surface area (Å²) in [5.41, 5.74) is 1.98. The third-order valence-corrected chi connectivity index (χ3v) is 3.08. The van der Waals surface area contributed by atoms with Gasteiger partial charge in [-0.2, -0.15) is 0 Å². The lowest BCUT2D eigenvalue weighted by Gasteiger charge is -2.16. The highest BCUT2D eigenvalue weighted by molar-refractivity contribution is 5.71. The first kappa shape index (κ1) is 13.0. The second-order valence-electron chi connectivity index (χ2n) is 5.00. The van der Waals surface area contributed by atoms with E-state index < -0.39 is 0 Å². The first-order valence-electron chi connectivity index (χ1n) is 6.68. The van der Waals surface area contributed by atoms with Gasteiger partial charge in [0.15, 0.2) is 5.65 Å². The molecule has 1 atom stereocenters. The Morgan fingerprint density at radius 1 is 1.33 bits per heavy atom. The molecule has 0 aliphatic rings. The van der Waals surface area contributed by atoms with Crippen LogP contribution in [0.5, 0.6) is 0 Å². The molecule has 1 N–H and O–H groups in total. The Hall–Kier alpha value is -1.42. The largest absolute Gasteiger partial charge is 0.314 e. The number of nitrogens with zero attached hydrogens (tertiary/aromatic N) is 3. The van der Waals surface area contributed by atoms with Crippen molar-refractivity contribution in [1.29, 1.82) is 0 Å². The zero-order valence-electron chi connectivity index (χ0n) is 11.6. The van der Waals surface area contributed by atoms with Crippen LogP contribution >= 0.6 is 0 Å². The molecule has 0 aliphatic heterocycles. The van der Waals surface area contributed by atoms with Gasteiger partial charge in [-0.25, -0.2) is 9.97 Å². The van der Waals surface area contributed by atoms with Crippen LogP contribution in [0.2, 0.25) is 0 Å². The summed E-state index contributed by atoms with van der Waals surface area (Å²) < 4.78 is 2.24. The average molecular weight is 246 g/mol. The fourth-order valence-electron chi connectivity index (χ4n) is 2.36. The van der Waals surface area contributed by atoms with Gasteiger partial charge >= 0.3 is 0 Å².